The second-order valence-corrected chi connectivity index (χ2v) is 5.88. The molecule has 0 atom stereocenters. The summed E-state index contributed by atoms with van der Waals surface area (Å²) in [5.41, 5.74) is 2.42. The molecule has 0 aliphatic rings. The smallest absolute Gasteiger partial charge is 0.251 e. The molecule has 0 heterocycles. The van der Waals surface area contributed by atoms with Gasteiger partial charge in [-0.25, -0.2) is 0 Å². The van der Waals surface area contributed by atoms with Gasteiger partial charge in [0, 0.05) is 38.3 Å². The van der Waals surface area contributed by atoms with Crippen molar-refractivity contribution < 1.29 is 14.6 Å². The number of hydrogen-bond donors (Lipinski definition) is 4. The van der Waals surface area contributed by atoms with Gasteiger partial charge in [-0.05, 0) is 42.3 Å². The number of carbonyl (C=O) groups excluding carboxylic acids is 1. The second-order valence-electron chi connectivity index (χ2n) is 5.88. The lowest BCUT2D eigenvalue weighted by Crippen LogP contribution is -2.37. The van der Waals surface area contributed by atoms with Crippen LogP contribution in [0.4, 0.5) is 0 Å². The Morgan fingerprint density at radius 2 is 2.00 bits per heavy atom. The number of phenolic OH excluding ortho intramolecular Hbond substituents is 1. The average Bonchev–Trinajstić information content (AvgIpc) is 2.71. The fourth-order valence-electron chi connectivity index (χ4n) is 2.57. The summed E-state index contributed by atoms with van der Waals surface area (Å²) in [4.78, 5) is 15.9. The van der Waals surface area contributed by atoms with Crippen molar-refractivity contribution in [3.63, 3.8) is 0 Å². The molecule has 2 aromatic carbocycles. The summed E-state index contributed by atoms with van der Waals surface area (Å²) in [6, 6.07) is 12.6. The van der Waals surface area contributed by atoms with E-state index in [1.54, 1.807) is 45.5 Å². The number of ether oxygens (including phenoxy) is 1. The van der Waals surface area contributed by atoms with E-state index < -0.39 is 0 Å². The van der Waals surface area contributed by atoms with Crippen LogP contribution in [-0.4, -0.2) is 44.7 Å². The molecule has 0 bridgehead atoms. The molecule has 0 saturated heterocycles. The molecule has 0 aromatic heterocycles. The number of methoxy groups -OCH3 is 1. The molecule has 7 heteroatoms. The molecule has 7 nitrogen and oxygen atoms in total. The molecule has 0 aliphatic heterocycles. The van der Waals surface area contributed by atoms with Gasteiger partial charge in [0.1, 0.15) is 11.5 Å². The molecule has 144 valence electrons. The van der Waals surface area contributed by atoms with E-state index >= 15 is 0 Å². The number of aromatic hydroxyl groups is 1. The summed E-state index contributed by atoms with van der Waals surface area (Å²) in [6.07, 6.45) is 0.746. The van der Waals surface area contributed by atoms with Crippen molar-refractivity contribution in [1.29, 1.82) is 0 Å². The number of guanidine groups is 1. The lowest BCUT2D eigenvalue weighted by atomic mass is 10.1. The summed E-state index contributed by atoms with van der Waals surface area (Å²) < 4.78 is 5.18. The molecule has 0 unspecified atom stereocenters. The van der Waals surface area contributed by atoms with Crippen LogP contribution in [0.1, 0.15) is 21.5 Å². The van der Waals surface area contributed by atoms with E-state index in [4.69, 9.17) is 4.74 Å². The van der Waals surface area contributed by atoms with Crippen molar-refractivity contribution in [3.05, 3.63) is 59.2 Å². The molecule has 2 aromatic rings. The van der Waals surface area contributed by atoms with Crippen molar-refractivity contribution in [1.82, 2.24) is 16.0 Å². The Labute approximate surface area is 159 Å². The van der Waals surface area contributed by atoms with Crippen LogP contribution in [0.5, 0.6) is 11.5 Å². The van der Waals surface area contributed by atoms with E-state index in [0.29, 0.717) is 30.4 Å². The van der Waals surface area contributed by atoms with Gasteiger partial charge in [0.2, 0.25) is 0 Å². The molecule has 0 spiro atoms. The Bertz CT molecular complexity index is 806. The van der Waals surface area contributed by atoms with Gasteiger partial charge < -0.3 is 25.8 Å². The maximum absolute atomic E-state index is 11.7. The summed E-state index contributed by atoms with van der Waals surface area (Å²) >= 11 is 0. The first kappa shape index (κ1) is 20.1. The molecule has 4 N–H and O–H groups in total. The Morgan fingerprint density at radius 1 is 1.19 bits per heavy atom. The minimum atomic E-state index is -0.0969. The molecule has 2 rings (SSSR count). The molecule has 0 fully saturated rings. The standard InChI is InChI=1S/C20H26N4O3/c1-21-19(26)15-6-4-5-14(11-15)9-10-23-20(22-2)24-13-16-12-17(27-3)7-8-18(16)25/h4-8,11-12,25H,9-10,13H2,1-3H3,(H,21,26)(H2,22,23,24). The van der Waals surface area contributed by atoms with Gasteiger partial charge in [-0.15, -0.1) is 0 Å². The van der Waals surface area contributed by atoms with Crippen LogP contribution in [0.25, 0.3) is 0 Å². The first-order valence-electron chi connectivity index (χ1n) is 8.68. The normalized spacial score (nSPS) is 11.0. The van der Waals surface area contributed by atoms with Crippen LogP contribution >= 0.6 is 0 Å². The highest BCUT2D eigenvalue weighted by molar-refractivity contribution is 5.94. The molecule has 1 amide bonds. The van der Waals surface area contributed by atoms with E-state index in [1.165, 1.54) is 0 Å². The van der Waals surface area contributed by atoms with E-state index in [9.17, 15) is 9.90 Å². The zero-order chi connectivity index (χ0) is 19.6. The maximum atomic E-state index is 11.7. The number of benzene rings is 2. The van der Waals surface area contributed by atoms with Gasteiger partial charge in [-0.1, -0.05) is 12.1 Å². The minimum absolute atomic E-state index is 0.0969. The van der Waals surface area contributed by atoms with Gasteiger partial charge in [0.25, 0.3) is 5.91 Å². The van der Waals surface area contributed by atoms with Crippen LogP contribution in [0.3, 0.4) is 0 Å². The van der Waals surface area contributed by atoms with E-state index in [2.05, 4.69) is 20.9 Å². The Morgan fingerprint density at radius 3 is 2.70 bits per heavy atom. The van der Waals surface area contributed by atoms with E-state index in [1.807, 2.05) is 18.2 Å². The lowest BCUT2D eigenvalue weighted by Gasteiger charge is -2.13. The number of rotatable bonds is 7. The van der Waals surface area contributed by atoms with Crippen LogP contribution in [0.15, 0.2) is 47.5 Å². The molecule has 0 saturated carbocycles. The molecule has 0 aliphatic carbocycles. The van der Waals surface area contributed by atoms with Crippen LogP contribution < -0.4 is 20.7 Å². The minimum Gasteiger partial charge on any atom is -0.508 e. The Kier molecular flexibility index (Phi) is 7.49. The third-order valence-electron chi connectivity index (χ3n) is 4.08. The highest BCUT2D eigenvalue weighted by Gasteiger charge is 2.06. The zero-order valence-corrected chi connectivity index (χ0v) is 15.9. The fraction of sp³-hybridized carbons (Fsp3) is 0.300. The van der Waals surface area contributed by atoms with Crippen LogP contribution in [0, 0.1) is 0 Å². The predicted molar refractivity (Wildman–Crippen MR) is 106 cm³/mol. The number of hydrogen-bond acceptors (Lipinski definition) is 4. The van der Waals surface area contributed by atoms with Crippen molar-refractivity contribution in [3.8, 4) is 11.5 Å². The number of nitrogens with zero attached hydrogens (tertiary/aromatic N) is 1. The van der Waals surface area contributed by atoms with Crippen molar-refractivity contribution >= 4 is 11.9 Å². The van der Waals surface area contributed by atoms with Gasteiger partial charge in [0.15, 0.2) is 5.96 Å². The van der Waals surface area contributed by atoms with Gasteiger partial charge >= 0.3 is 0 Å². The number of amides is 1. The summed E-state index contributed by atoms with van der Waals surface area (Å²) in [5.74, 6) is 1.41. The number of aliphatic imine (C=N–C) groups is 1. The third kappa shape index (κ3) is 5.91. The lowest BCUT2D eigenvalue weighted by molar-refractivity contribution is 0.0963. The highest BCUT2D eigenvalue weighted by Crippen LogP contribution is 2.22. The monoisotopic (exact) mass is 370 g/mol. The second kappa shape index (κ2) is 10.1. The number of carbonyl (C=O) groups is 1. The molecular formula is C20H26N4O3. The SMILES string of the molecule is CN=C(NCCc1cccc(C(=O)NC)c1)NCc1cc(OC)ccc1O. The van der Waals surface area contributed by atoms with Crippen molar-refractivity contribution in [2.75, 3.05) is 27.7 Å². The van der Waals surface area contributed by atoms with E-state index in [0.717, 1.165) is 17.5 Å². The topological polar surface area (TPSA) is 95.0 Å². The van der Waals surface area contributed by atoms with Crippen molar-refractivity contribution in [2.45, 2.75) is 13.0 Å². The zero-order valence-electron chi connectivity index (χ0n) is 15.9. The Balaban J connectivity index is 1.87. The molecular weight excluding hydrogens is 344 g/mol. The number of nitrogens with one attached hydrogen (secondary N) is 3. The maximum Gasteiger partial charge on any atom is 0.251 e. The Hall–Kier alpha value is -3.22. The summed E-state index contributed by atoms with van der Waals surface area (Å²) in [7, 11) is 4.89. The summed E-state index contributed by atoms with van der Waals surface area (Å²) in [6.45, 7) is 1.07. The third-order valence-corrected chi connectivity index (χ3v) is 4.08. The van der Waals surface area contributed by atoms with E-state index in [-0.39, 0.29) is 11.7 Å². The fourth-order valence-corrected chi connectivity index (χ4v) is 2.57. The first-order valence-corrected chi connectivity index (χ1v) is 8.68. The predicted octanol–water partition coefficient (Wildman–Crippen LogP) is 1.67. The molecule has 0 radical (unpaired) electrons. The average molecular weight is 370 g/mol. The molecule has 27 heavy (non-hydrogen) atoms. The summed E-state index contributed by atoms with van der Waals surface area (Å²) in [5, 5.41) is 19.0. The van der Waals surface area contributed by atoms with Gasteiger partial charge in [-0.2, -0.15) is 0 Å². The highest BCUT2D eigenvalue weighted by atomic mass is 16.5. The quantitative estimate of drug-likeness (QED) is 0.439. The van der Waals surface area contributed by atoms with Crippen LogP contribution in [0.2, 0.25) is 0 Å². The van der Waals surface area contributed by atoms with Gasteiger partial charge in [0.05, 0.1) is 7.11 Å². The largest absolute Gasteiger partial charge is 0.508 e. The first-order chi connectivity index (χ1) is 13.1. The van der Waals surface area contributed by atoms with Crippen LogP contribution in [-0.2, 0) is 13.0 Å². The van der Waals surface area contributed by atoms with Gasteiger partial charge in [-0.3, -0.25) is 9.79 Å². The van der Waals surface area contributed by atoms with Crippen molar-refractivity contribution in [2.24, 2.45) is 4.99 Å². The number of phenols is 1.